The number of ether oxygens (including phenoxy) is 8. The van der Waals surface area contributed by atoms with E-state index in [2.05, 4.69) is 20.4 Å². The summed E-state index contributed by atoms with van der Waals surface area (Å²) in [5.74, 6) is 1.61. The maximum absolute atomic E-state index is 12.6. The molecule has 4 saturated carbocycles. The predicted molar refractivity (Wildman–Crippen MR) is 200 cm³/mol. The smallest absolute Gasteiger partial charge is 0.161 e. The number of methoxy groups -OCH3 is 1. The third kappa shape index (κ3) is 7.09. The van der Waals surface area contributed by atoms with Crippen LogP contribution >= 0.6 is 0 Å². The second-order valence-electron chi connectivity index (χ2n) is 19.0. The Morgan fingerprint density at radius 2 is 1.42 bits per heavy atom. The highest BCUT2D eigenvalue weighted by atomic mass is 16.7. The first-order valence-corrected chi connectivity index (χ1v) is 21.4. The summed E-state index contributed by atoms with van der Waals surface area (Å²) in [4.78, 5) is 0. The first-order valence-electron chi connectivity index (χ1n) is 21.4. The van der Waals surface area contributed by atoms with Gasteiger partial charge in [0.1, 0.15) is 24.6 Å². The van der Waals surface area contributed by atoms with Gasteiger partial charge in [-0.05, 0) is 119 Å². The van der Waals surface area contributed by atoms with Crippen molar-refractivity contribution in [3.63, 3.8) is 0 Å². The van der Waals surface area contributed by atoms with Crippen LogP contribution in [0.1, 0.15) is 112 Å². The highest BCUT2D eigenvalue weighted by Crippen LogP contribution is 2.70. The number of allylic oxidation sites excluding steroid dienone is 1. The summed E-state index contributed by atoms with van der Waals surface area (Å²) in [5.41, 5.74) is -0.331. The average Bonchev–Trinajstić information content (AvgIpc) is 3.68. The highest BCUT2D eigenvalue weighted by molar-refractivity contribution is 5.32. The Balaban J connectivity index is 0.823. The Morgan fingerprint density at radius 3 is 2.07 bits per heavy atom. The van der Waals surface area contributed by atoms with Crippen LogP contribution in [0.2, 0.25) is 0 Å². The van der Waals surface area contributed by atoms with E-state index in [4.69, 9.17) is 37.9 Å². The second-order valence-corrected chi connectivity index (χ2v) is 19.0. The van der Waals surface area contributed by atoms with Crippen molar-refractivity contribution in [3.05, 3.63) is 24.0 Å². The number of fused-ring (bicyclic) bond motifs is 5. The second kappa shape index (κ2) is 15.5. The molecular formula is C43H68O12. The Bertz CT molecular complexity index is 1400. The Kier molecular flexibility index (Phi) is 11.4. The fourth-order valence-electron chi connectivity index (χ4n) is 13.1. The fraction of sp³-hybridized carbons (Fsp3) is 0.907. The van der Waals surface area contributed by atoms with Gasteiger partial charge < -0.3 is 58.3 Å². The van der Waals surface area contributed by atoms with E-state index in [0.717, 1.165) is 44.9 Å². The molecule has 4 aliphatic heterocycles. The molecule has 4 N–H and O–H groups in total. The van der Waals surface area contributed by atoms with Crippen molar-refractivity contribution in [1.29, 1.82) is 0 Å². The van der Waals surface area contributed by atoms with E-state index < -0.39 is 60.4 Å². The van der Waals surface area contributed by atoms with Gasteiger partial charge in [-0.3, -0.25) is 0 Å². The van der Waals surface area contributed by atoms with Gasteiger partial charge in [0.15, 0.2) is 18.9 Å². The third-order valence-corrected chi connectivity index (χ3v) is 16.2. The molecule has 20 atom stereocenters. The molecule has 10 unspecified atom stereocenters. The molecule has 0 amide bonds. The molecule has 4 heterocycles. The van der Waals surface area contributed by atoms with Crippen LogP contribution in [-0.4, -0.2) is 120 Å². The predicted octanol–water partition coefficient (Wildman–Crippen LogP) is 4.89. The Hall–Kier alpha value is -1.16. The van der Waals surface area contributed by atoms with Crippen LogP contribution in [0, 0.1) is 34.5 Å². The van der Waals surface area contributed by atoms with E-state index in [0.29, 0.717) is 50.4 Å². The maximum Gasteiger partial charge on any atom is 0.161 e. The zero-order valence-corrected chi connectivity index (χ0v) is 33.8. The van der Waals surface area contributed by atoms with Crippen LogP contribution in [-0.2, 0) is 37.9 Å². The Morgan fingerprint density at radius 1 is 0.727 bits per heavy atom. The van der Waals surface area contributed by atoms with Gasteiger partial charge in [-0.25, -0.2) is 0 Å². The maximum atomic E-state index is 12.6. The van der Waals surface area contributed by atoms with E-state index in [9.17, 15) is 20.4 Å². The minimum Gasteiger partial charge on any atom is -0.490 e. The molecule has 0 spiro atoms. The molecule has 7 fully saturated rings. The molecule has 0 aromatic heterocycles. The molecule has 8 rings (SSSR count). The summed E-state index contributed by atoms with van der Waals surface area (Å²) in [6.07, 6.45) is 5.40. The van der Waals surface area contributed by atoms with Gasteiger partial charge in [-0.1, -0.05) is 20.4 Å². The molecule has 3 saturated heterocycles. The van der Waals surface area contributed by atoms with Crippen LogP contribution in [0.3, 0.4) is 0 Å². The van der Waals surface area contributed by atoms with Gasteiger partial charge in [0.2, 0.25) is 0 Å². The molecule has 0 aromatic rings. The summed E-state index contributed by atoms with van der Waals surface area (Å²) in [6.45, 7) is 14.8. The van der Waals surface area contributed by atoms with Crippen molar-refractivity contribution in [2.24, 2.45) is 34.5 Å². The number of aliphatic hydroxyl groups excluding tert-OH is 3. The zero-order chi connectivity index (χ0) is 39.0. The monoisotopic (exact) mass is 776 g/mol. The number of hydrogen-bond acceptors (Lipinski definition) is 12. The van der Waals surface area contributed by atoms with Crippen LogP contribution < -0.4 is 0 Å². The van der Waals surface area contributed by atoms with Gasteiger partial charge in [-0.2, -0.15) is 0 Å². The molecule has 8 aliphatic rings. The van der Waals surface area contributed by atoms with Crippen LogP contribution in [0.15, 0.2) is 24.0 Å². The molecule has 312 valence electrons. The van der Waals surface area contributed by atoms with E-state index in [1.54, 1.807) is 7.11 Å². The number of rotatable bonds is 8. The first-order chi connectivity index (χ1) is 26.1. The fourth-order valence-corrected chi connectivity index (χ4v) is 13.1. The van der Waals surface area contributed by atoms with E-state index in [-0.39, 0.29) is 53.7 Å². The van der Waals surface area contributed by atoms with Gasteiger partial charge in [0.05, 0.1) is 54.4 Å². The Labute approximate surface area is 327 Å². The number of hydrogen-bond donors (Lipinski definition) is 4. The SMILES string of the molecule is C=C1C=C([C@@H]2CCC3(O)C4CCC5CC(O[C@H]6C[C@H](O)C(OC7CCC(OC8C[C@@H](O)[C@@H](OC)[C@@H](C)O8)[C@@H](C)O7)[C@@H](C)O6)CC[C@]5(C)C4CC(O)[C@]23C)CO1. The zero-order valence-electron chi connectivity index (χ0n) is 33.8. The van der Waals surface area contributed by atoms with Crippen molar-refractivity contribution in [3.8, 4) is 0 Å². The molecule has 12 nitrogen and oxygen atoms in total. The highest BCUT2D eigenvalue weighted by Gasteiger charge is 2.70. The minimum absolute atomic E-state index is 0.0134. The van der Waals surface area contributed by atoms with E-state index in [1.807, 2.05) is 26.8 Å². The summed E-state index contributed by atoms with van der Waals surface area (Å²) in [5, 5.41) is 46.4. The molecule has 12 heteroatoms. The third-order valence-electron chi connectivity index (χ3n) is 16.2. The molecule has 0 bridgehead atoms. The van der Waals surface area contributed by atoms with Crippen LogP contribution in [0.4, 0.5) is 0 Å². The molecule has 55 heavy (non-hydrogen) atoms. The quantitative estimate of drug-likeness (QED) is 0.248. The lowest BCUT2D eigenvalue weighted by molar-refractivity contribution is -0.324. The van der Waals surface area contributed by atoms with E-state index >= 15 is 0 Å². The van der Waals surface area contributed by atoms with Crippen molar-refractivity contribution in [2.75, 3.05) is 13.7 Å². The standard InChI is InChI=1S/C43H68O12/c1-22-16-26(21-49-22)29-13-15-43(47)30-9-8-27-17-28(12-14-41(27,5)31(30)18-35(46)42(29,43)6)53-37-20-33(45)40(25(4)52-37)55-36-11-10-34(23(2)50-36)54-38-19-32(44)39(48-7)24(3)51-38/h16,23-25,27-40,44-47H,1,8-15,17-21H2,2-7H3/t23-,24-,25-,27?,28?,29+,30?,31?,32-,33+,34?,35?,36?,37+,38?,39+,40?,41+,42+,43?/m1/s1. The summed E-state index contributed by atoms with van der Waals surface area (Å²) < 4.78 is 48.8. The van der Waals surface area contributed by atoms with Gasteiger partial charge in [0.25, 0.3) is 0 Å². The first kappa shape index (κ1) is 40.6. The lowest BCUT2D eigenvalue weighted by atomic mass is 9.42. The molecule has 4 aliphatic carbocycles. The largest absolute Gasteiger partial charge is 0.490 e. The van der Waals surface area contributed by atoms with Gasteiger partial charge >= 0.3 is 0 Å². The van der Waals surface area contributed by atoms with E-state index in [1.165, 1.54) is 5.57 Å². The van der Waals surface area contributed by atoms with Crippen molar-refractivity contribution in [2.45, 2.75) is 197 Å². The average molecular weight is 777 g/mol. The summed E-state index contributed by atoms with van der Waals surface area (Å²) >= 11 is 0. The van der Waals surface area contributed by atoms with Crippen molar-refractivity contribution < 1.29 is 58.3 Å². The minimum atomic E-state index is -0.912. The normalized spacial score (nSPS) is 54.2. The summed E-state index contributed by atoms with van der Waals surface area (Å²) in [7, 11) is 1.57. The summed E-state index contributed by atoms with van der Waals surface area (Å²) in [6, 6.07) is 0. The van der Waals surface area contributed by atoms with Crippen LogP contribution in [0.5, 0.6) is 0 Å². The molecule has 0 radical (unpaired) electrons. The van der Waals surface area contributed by atoms with Crippen LogP contribution in [0.25, 0.3) is 0 Å². The topological polar surface area (TPSA) is 155 Å². The lowest BCUT2D eigenvalue weighted by Crippen LogP contribution is -2.67. The van der Waals surface area contributed by atoms with Gasteiger partial charge in [-0.15, -0.1) is 0 Å². The lowest BCUT2D eigenvalue weighted by Gasteiger charge is -2.65. The van der Waals surface area contributed by atoms with Crippen molar-refractivity contribution in [1.82, 2.24) is 0 Å². The molecule has 0 aromatic carbocycles. The number of aliphatic hydroxyl groups is 4. The van der Waals surface area contributed by atoms with Gasteiger partial charge in [0, 0.05) is 31.8 Å². The van der Waals surface area contributed by atoms with Crippen molar-refractivity contribution >= 4 is 0 Å². The molecular weight excluding hydrogens is 708 g/mol.